The molecule has 0 bridgehead atoms. The summed E-state index contributed by atoms with van der Waals surface area (Å²) in [7, 11) is 0. The van der Waals surface area contributed by atoms with E-state index < -0.39 is 0 Å². The van der Waals surface area contributed by atoms with Crippen LogP contribution in [0.3, 0.4) is 0 Å². The van der Waals surface area contributed by atoms with Crippen LogP contribution in [0, 0.1) is 11.8 Å². The first-order valence-electron chi connectivity index (χ1n) is 6.93. The van der Waals surface area contributed by atoms with Gasteiger partial charge in [0.05, 0.1) is 0 Å². The van der Waals surface area contributed by atoms with Crippen LogP contribution in [0.1, 0.15) is 52.4 Å². The summed E-state index contributed by atoms with van der Waals surface area (Å²) < 4.78 is 0. The Balaban J connectivity index is 1.75. The van der Waals surface area contributed by atoms with Gasteiger partial charge < -0.3 is 4.90 Å². The molecule has 2 nitrogen and oxygen atoms in total. The molecule has 0 spiro atoms. The lowest BCUT2D eigenvalue weighted by molar-refractivity contribution is -0.121. The molecule has 2 fully saturated rings. The summed E-state index contributed by atoms with van der Waals surface area (Å²) in [6, 6.07) is 0.722. The average Bonchev–Trinajstić information content (AvgIpc) is 2.63. The maximum absolute atomic E-state index is 11.6. The van der Waals surface area contributed by atoms with Crippen LogP contribution in [-0.2, 0) is 4.79 Å². The molecule has 0 aromatic carbocycles. The number of carbonyl (C=O) groups is 1. The molecule has 0 aromatic rings. The molecule has 1 saturated carbocycles. The van der Waals surface area contributed by atoms with Crippen molar-refractivity contribution in [3.63, 3.8) is 0 Å². The fraction of sp³-hybridized carbons (Fsp3) is 0.929. The zero-order chi connectivity index (χ0) is 11.5. The molecule has 3 unspecified atom stereocenters. The van der Waals surface area contributed by atoms with Crippen LogP contribution >= 0.6 is 0 Å². The summed E-state index contributed by atoms with van der Waals surface area (Å²) in [5.41, 5.74) is 0. The van der Waals surface area contributed by atoms with Gasteiger partial charge in [-0.15, -0.1) is 0 Å². The van der Waals surface area contributed by atoms with Gasteiger partial charge in [-0.25, -0.2) is 0 Å². The predicted octanol–water partition coefficient (Wildman–Crippen LogP) is 2.87. The molecule has 16 heavy (non-hydrogen) atoms. The second-order valence-electron chi connectivity index (χ2n) is 5.86. The van der Waals surface area contributed by atoms with Crippen molar-refractivity contribution < 1.29 is 4.79 Å². The molecule has 0 N–H and O–H groups in total. The molecular formula is C14H25NO. The Morgan fingerprint density at radius 1 is 1.31 bits per heavy atom. The van der Waals surface area contributed by atoms with Crippen LogP contribution in [-0.4, -0.2) is 29.8 Å². The summed E-state index contributed by atoms with van der Waals surface area (Å²) >= 11 is 0. The first-order chi connectivity index (χ1) is 7.66. The number of Topliss-reactive ketones (excluding diaryl/α,β-unsaturated/α-hetero) is 1. The van der Waals surface area contributed by atoms with Crippen LogP contribution in [0.4, 0.5) is 0 Å². The monoisotopic (exact) mass is 223 g/mol. The average molecular weight is 223 g/mol. The van der Waals surface area contributed by atoms with E-state index in [1.807, 2.05) is 0 Å². The Morgan fingerprint density at radius 2 is 2.12 bits per heavy atom. The van der Waals surface area contributed by atoms with Crippen LogP contribution in [0.5, 0.6) is 0 Å². The van der Waals surface area contributed by atoms with E-state index in [4.69, 9.17) is 0 Å². The highest BCUT2D eigenvalue weighted by atomic mass is 16.1. The second-order valence-corrected chi connectivity index (χ2v) is 5.86. The van der Waals surface area contributed by atoms with Crippen molar-refractivity contribution in [2.45, 2.75) is 58.4 Å². The fourth-order valence-corrected chi connectivity index (χ4v) is 3.30. The van der Waals surface area contributed by atoms with Gasteiger partial charge in [0.1, 0.15) is 5.78 Å². The molecule has 0 aromatic heterocycles. The number of hydrogen-bond acceptors (Lipinski definition) is 2. The van der Waals surface area contributed by atoms with Crippen molar-refractivity contribution in [2.24, 2.45) is 11.8 Å². The number of carbonyl (C=O) groups excluding carboxylic acids is 1. The number of ketones is 1. The van der Waals surface area contributed by atoms with Gasteiger partial charge in [0.2, 0.25) is 0 Å². The van der Waals surface area contributed by atoms with E-state index in [1.165, 1.54) is 19.4 Å². The van der Waals surface area contributed by atoms with Gasteiger partial charge >= 0.3 is 0 Å². The standard InChI is InChI=1S/C14H25NO/c1-11-6-8-15(12(2)10-11)9-7-13-4-3-5-14(13)16/h11-13H,3-10H2,1-2H3. The maximum atomic E-state index is 11.6. The Kier molecular flexibility index (Phi) is 4.01. The third-order valence-corrected chi connectivity index (χ3v) is 4.47. The number of hydrogen-bond donors (Lipinski definition) is 0. The topological polar surface area (TPSA) is 20.3 Å². The van der Waals surface area contributed by atoms with Crippen LogP contribution < -0.4 is 0 Å². The summed E-state index contributed by atoms with van der Waals surface area (Å²) in [5, 5.41) is 0. The van der Waals surface area contributed by atoms with E-state index in [2.05, 4.69) is 18.7 Å². The van der Waals surface area contributed by atoms with Gasteiger partial charge in [-0.1, -0.05) is 6.92 Å². The number of rotatable bonds is 3. The summed E-state index contributed by atoms with van der Waals surface area (Å²) in [5.74, 6) is 1.81. The molecule has 1 aliphatic carbocycles. The van der Waals surface area contributed by atoms with Crippen LogP contribution in [0.15, 0.2) is 0 Å². The van der Waals surface area contributed by atoms with Gasteiger partial charge in [-0.3, -0.25) is 4.79 Å². The second kappa shape index (κ2) is 5.31. The minimum Gasteiger partial charge on any atom is -0.301 e. The Labute approximate surface area is 99.4 Å². The first kappa shape index (κ1) is 12.1. The van der Waals surface area contributed by atoms with E-state index in [1.54, 1.807) is 0 Å². The molecule has 2 aliphatic rings. The van der Waals surface area contributed by atoms with E-state index in [0.717, 1.165) is 44.2 Å². The Hall–Kier alpha value is -0.370. The van der Waals surface area contributed by atoms with E-state index in [-0.39, 0.29) is 0 Å². The molecule has 1 saturated heterocycles. The lowest BCUT2D eigenvalue weighted by Crippen LogP contribution is -2.41. The lowest BCUT2D eigenvalue weighted by Gasteiger charge is -2.36. The van der Waals surface area contributed by atoms with E-state index in [9.17, 15) is 4.79 Å². The Bertz CT molecular complexity index is 251. The van der Waals surface area contributed by atoms with Gasteiger partial charge in [0, 0.05) is 18.4 Å². The molecule has 0 radical (unpaired) electrons. The third-order valence-electron chi connectivity index (χ3n) is 4.47. The predicted molar refractivity (Wildman–Crippen MR) is 66.4 cm³/mol. The highest BCUT2D eigenvalue weighted by Crippen LogP contribution is 2.27. The van der Waals surface area contributed by atoms with Crippen LogP contribution in [0.2, 0.25) is 0 Å². The van der Waals surface area contributed by atoms with Crippen molar-refractivity contribution in [1.82, 2.24) is 4.90 Å². The molecule has 1 aliphatic heterocycles. The van der Waals surface area contributed by atoms with E-state index >= 15 is 0 Å². The van der Waals surface area contributed by atoms with E-state index in [0.29, 0.717) is 11.7 Å². The van der Waals surface area contributed by atoms with Gasteiger partial charge in [-0.2, -0.15) is 0 Å². The Morgan fingerprint density at radius 3 is 2.75 bits per heavy atom. The number of nitrogens with zero attached hydrogens (tertiary/aromatic N) is 1. The molecule has 2 heteroatoms. The fourth-order valence-electron chi connectivity index (χ4n) is 3.30. The summed E-state index contributed by atoms with van der Waals surface area (Å²) in [4.78, 5) is 14.2. The lowest BCUT2D eigenvalue weighted by atomic mass is 9.92. The molecule has 0 amide bonds. The molecular weight excluding hydrogens is 198 g/mol. The SMILES string of the molecule is CC1CCN(CCC2CCCC2=O)C(C)C1. The zero-order valence-corrected chi connectivity index (χ0v) is 10.7. The third kappa shape index (κ3) is 2.85. The molecule has 2 rings (SSSR count). The van der Waals surface area contributed by atoms with Crippen LogP contribution in [0.25, 0.3) is 0 Å². The first-order valence-corrected chi connectivity index (χ1v) is 6.93. The minimum absolute atomic E-state index is 0.395. The molecule has 1 heterocycles. The molecule has 3 atom stereocenters. The summed E-state index contributed by atoms with van der Waals surface area (Å²) in [6.07, 6.45) is 6.91. The number of likely N-dealkylation sites (tertiary alicyclic amines) is 1. The van der Waals surface area contributed by atoms with Gasteiger partial charge in [-0.05, 0) is 58.0 Å². The van der Waals surface area contributed by atoms with Gasteiger partial charge in [0.25, 0.3) is 0 Å². The summed E-state index contributed by atoms with van der Waals surface area (Å²) in [6.45, 7) is 7.08. The van der Waals surface area contributed by atoms with Gasteiger partial charge in [0.15, 0.2) is 0 Å². The molecule has 92 valence electrons. The van der Waals surface area contributed by atoms with Crippen molar-refractivity contribution in [1.29, 1.82) is 0 Å². The largest absolute Gasteiger partial charge is 0.301 e. The minimum atomic E-state index is 0.395. The normalized spacial score (nSPS) is 36.9. The highest BCUT2D eigenvalue weighted by Gasteiger charge is 2.27. The smallest absolute Gasteiger partial charge is 0.136 e. The highest BCUT2D eigenvalue weighted by molar-refractivity contribution is 5.82. The van der Waals surface area contributed by atoms with Crippen molar-refractivity contribution in [3.05, 3.63) is 0 Å². The maximum Gasteiger partial charge on any atom is 0.136 e. The number of piperidine rings is 1. The quantitative estimate of drug-likeness (QED) is 0.733. The van der Waals surface area contributed by atoms with Crippen molar-refractivity contribution in [2.75, 3.05) is 13.1 Å². The zero-order valence-electron chi connectivity index (χ0n) is 10.7. The van der Waals surface area contributed by atoms with Crippen molar-refractivity contribution in [3.8, 4) is 0 Å². The van der Waals surface area contributed by atoms with Crippen molar-refractivity contribution >= 4 is 5.78 Å².